The zero-order chi connectivity index (χ0) is 21.9. The Labute approximate surface area is 157 Å². The second-order valence-electron chi connectivity index (χ2n) is 5.10. The second kappa shape index (κ2) is 7.73. The van der Waals surface area contributed by atoms with Crippen LogP contribution in [0.15, 0.2) is 30.3 Å². The number of nitro benzene ring substituents is 5. The smallest absolute Gasteiger partial charge is 0.294 e. The normalized spacial score (nSPS) is 10.1. The number of anilines is 2. The van der Waals surface area contributed by atoms with E-state index in [4.69, 9.17) is 0 Å². The van der Waals surface area contributed by atoms with Gasteiger partial charge < -0.3 is 0 Å². The minimum absolute atomic E-state index is 0.414. The highest BCUT2D eigenvalue weighted by Gasteiger charge is 2.31. The summed E-state index contributed by atoms with van der Waals surface area (Å²) >= 11 is 0. The Hall–Kier alpha value is -4.96. The van der Waals surface area contributed by atoms with Crippen molar-refractivity contribution >= 4 is 39.8 Å². The van der Waals surface area contributed by atoms with Crippen molar-refractivity contribution in [1.82, 2.24) is 0 Å². The van der Waals surface area contributed by atoms with Crippen molar-refractivity contribution in [2.24, 2.45) is 0 Å². The number of nitro groups is 5. The first kappa shape index (κ1) is 20.4. The first-order valence-corrected chi connectivity index (χ1v) is 7.09. The number of nitrogens with one attached hydrogen (secondary N) is 2. The monoisotopic (exact) mass is 409 g/mol. The van der Waals surface area contributed by atoms with Gasteiger partial charge in [0.1, 0.15) is 5.69 Å². The van der Waals surface area contributed by atoms with Crippen LogP contribution in [0.4, 0.5) is 39.8 Å². The lowest BCUT2D eigenvalue weighted by atomic mass is 10.2. The van der Waals surface area contributed by atoms with E-state index in [0.717, 1.165) is 12.1 Å². The number of hydrogen-bond acceptors (Lipinski definition) is 12. The molecule has 0 aromatic heterocycles. The van der Waals surface area contributed by atoms with Gasteiger partial charge in [-0.1, -0.05) is 0 Å². The molecule has 0 bridgehead atoms. The van der Waals surface area contributed by atoms with Crippen LogP contribution in [0, 0.1) is 50.6 Å². The van der Waals surface area contributed by atoms with E-state index >= 15 is 0 Å². The van der Waals surface area contributed by atoms with Crippen LogP contribution in [0.25, 0.3) is 0 Å². The molecule has 0 fully saturated rings. The van der Waals surface area contributed by atoms with E-state index in [1.54, 1.807) is 0 Å². The molecule has 2 aromatic carbocycles. The molecule has 0 atom stereocenters. The minimum Gasteiger partial charge on any atom is -0.294 e. The summed E-state index contributed by atoms with van der Waals surface area (Å²) in [6.07, 6.45) is 0. The second-order valence-corrected chi connectivity index (χ2v) is 5.10. The molecule has 150 valence electrons. The number of hydrogen-bond donors (Lipinski definition) is 2. The maximum atomic E-state index is 11.2. The third-order valence-electron chi connectivity index (χ3n) is 3.40. The van der Waals surface area contributed by atoms with Crippen molar-refractivity contribution in [2.75, 3.05) is 10.9 Å². The largest absolute Gasteiger partial charge is 0.308 e. The van der Waals surface area contributed by atoms with Gasteiger partial charge in [-0.25, -0.2) is 0 Å². The maximum absolute atomic E-state index is 11.2. The molecule has 0 amide bonds. The number of nitrogens with zero attached hydrogens (tertiary/aromatic N) is 5. The van der Waals surface area contributed by atoms with Gasteiger partial charge >= 0.3 is 17.1 Å². The third kappa shape index (κ3) is 4.24. The Morgan fingerprint density at radius 3 is 1.41 bits per heavy atom. The predicted octanol–water partition coefficient (Wildman–Crippen LogP) is 2.67. The van der Waals surface area contributed by atoms with Crippen molar-refractivity contribution in [3.8, 4) is 0 Å². The molecule has 2 aromatic rings. The summed E-state index contributed by atoms with van der Waals surface area (Å²) in [6.45, 7) is 0. The quantitative estimate of drug-likeness (QED) is 0.472. The van der Waals surface area contributed by atoms with Gasteiger partial charge in [0, 0.05) is 6.07 Å². The molecular formula is C12H7N7O10. The summed E-state index contributed by atoms with van der Waals surface area (Å²) in [4.78, 5) is 49.8. The standard InChI is InChI=1S/C12H7N7O10/c20-15(21)6-1-2-8(9(3-6)17(24)25)13-14-12-10(18(26)27)4-7(16(22)23)5-11(12)19(28)29/h1-5,13-14H. The summed E-state index contributed by atoms with van der Waals surface area (Å²) in [6, 6.07) is 3.30. The van der Waals surface area contributed by atoms with Crippen LogP contribution in [0.3, 0.4) is 0 Å². The van der Waals surface area contributed by atoms with E-state index in [-0.39, 0.29) is 0 Å². The first-order chi connectivity index (χ1) is 13.5. The molecule has 0 saturated heterocycles. The van der Waals surface area contributed by atoms with Crippen LogP contribution in [-0.2, 0) is 0 Å². The van der Waals surface area contributed by atoms with Crippen LogP contribution in [0.2, 0.25) is 0 Å². The Balaban J connectivity index is 2.54. The van der Waals surface area contributed by atoms with Gasteiger partial charge in [-0.05, 0) is 6.07 Å². The molecule has 17 nitrogen and oxygen atoms in total. The van der Waals surface area contributed by atoms with Crippen LogP contribution in [0.5, 0.6) is 0 Å². The summed E-state index contributed by atoms with van der Waals surface area (Å²) < 4.78 is 0. The zero-order valence-corrected chi connectivity index (χ0v) is 13.7. The lowest BCUT2D eigenvalue weighted by Gasteiger charge is -2.10. The molecule has 17 heteroatoms. The fourth-order valence-corrected chi connectivity index (χ4v) is 2.14. The van der Waals surface area contributed by atoms with Crippen LogP contribution in [-0.4, -0.2) is 24.6 Å². The minimum atomic E-state index is -1.13. The van der Waals surface area contributed by atoms with Crippen molar-refractivity contribution in [2.45, 2.75) is 0 Å². The molecule has 0 aliphatic carbocycles. The molecule has 2 N–H and O–H groups in total. The SMILES string of the molecule is O=[N+]([O-])c1ccc(NNc2c([N+](=O)[O-])cc([N+](=O)[O-])cc2[N+](=O)[O-])c([N+](=O)[O-])c1. The molecule has 2 rings (SSSR count). The first-order valence-electron chi connectivity index (χ1n) is 7.09. The van der Waals surface area contributed by atoms with Gasteiger partial charge in [0.25, 0.3) is 11.4 Å². The van der Waals surface area contributed by atoms with Gasteiger partial charge in [0.2, 0.25) is 5.69 Å². The summed E-state index contributed by atoms with van der Waals surface area (Å²) in [5, 5.41) is 55.1. The molecule has 0 aliphatic heterocycles. The summed E-state index contributed by atoms with van der Waals surface area (Å²) in [5.74, 6) is 0. The zero-order valence-electron chi connectivity index (χ0n) is 13.7. The molecular weight excluding hydrogens is 402 g/mol. The Morgan fingerprint density at radius 1 is 0.552 bits per heavy atom. The van der Waals surface area contributed by atoms with Crippen molar-refractivity contribution in [1.29, 1.82) is 0 Å². The molecule has 0 radical (unpaired) electrons. The van der Waals surface area contributed by atoms with E-state index in [1.807, 2.05) is 5.43 Å². The number of rotatable bonds is 8. The molecule has 0 saturated carbocycles. The lowest BCUT2D eigenvalue weighted by molar-refractivity contribution is -0.401. The highest BCUT2D eigenvalue weighted by molar-refractivity contribution is 5.79. The Bertz CT molecular complexity index is 1030. The average Bonchev–Trinajstić information content (AvgIpc) is 2.64. The van der Waals surface area contributed by atoms with Crippen LogP contribution >= 0.6 is 0 Å². The van der Waals surface area contributed by atoms with E-state index in [1.165, 1.54) is 0 Å². The molecule has 0 unspecified atom stereocenters. The fraction of sp³-hybridized carbons (Fsp3) is 0. The highest BCUT2D eigenvalue weighted by atomic mass is 16.6. The topological polar surface area (TPSA) is 240 Å². The average molecular weight is 409 g/mol. The van der Waals surface area contributed by atoms with E-state index in [0.29, 0.717) is 18.2 Å². The van der Waals surface area contributed by atoms with Gasteiger partial charge in [0.05, 0.1) is 42.8 Å². The molecule has 0 heterocycles. The number of non-ortho nitro benzene ring substituents is 2. The van der Waals surface area contributed by atoms with Crippen LogP contribution < -0.4 is 10.9 Å². The van der Waals surface area contributed by atoms with Crippen molar-refractivity contribution in [3.63, 3.8) is 0 Å². The number of hydrazine groups is 1. The molecule has 0 spiro atoms. The van der Waals surface area contributed by atoms with Crippen molar-refractivity contribution < 1.29 is 24.6 Å². The van der Waals surface area contributed by atoms with E-state index in [2.05, 4.69) is 5.43 Å². The van der Waals surface area contributed by atoms with Crippen LogP contribution in [0.1, 0.15) is 0 Å². The van der Waals surface area contributed by atoms with Gasteiger partial charge in [-0.3, -0.25) is 61.4 Å². The lowest BCUT2D eigenvalue weighted by Crippen LogP contribution is -2.14. The van der Waals surface area contributed by atoms with Gasteiger partial charge in [0.15, 0.2) is 0 Å². The highest BCUT2D eigenvalue weighted by Crippen LogP contribution is 2.39. The third-order valence-corrected chi connectivity index (χ3v) is 3.40. The van der Waals surface area contributed by atoms with Crippen molar-refractivity contribution in [3.05, 3.63) is 80.9 Å². The Morgan fingerprint density at radius 2 is 1.00 bits per heavy atom. The summed E-state index contributed by atoms with van der Waals surface area (Å²) in [5.41, 5.74) is -1.52. The van der Waals surface area contributed by atoms with Gasteiger partial charge in [-0.2, -0.15) is 0 Å². The van der Waals surface area contributed by atoms with E-state index in [9.17, 15) is 50.6 Å². The number of benzene rings is 2. The Kier molecular flexibility index (Phi) is 5.43. The molecule has 29 heavy (non-hydrogen) atoms. The predicted molar refractivity (Wildman–Crippen MR) is 93.4 cm³/mol. The van der Waals surface area contributed by atoms with Gasteiger partial charge in [-0.15, -0.1) is 0 Å². The summed E-state index contributed by atoms with van der Waals surface area (Å²) in [7, 11) is 0. The fourth-order valence-electron chi connectivity index (χ4n) is 2.14. The maximum Gasteiger partial charge on any atom is 0.308 e. The van der Waals surface area contributed by atoms with E-state index < -0.39 is 64.4 Å². The molecule has 0 aliphatic rings.